The number of hydrogen-bond donors (Lipinski definition) is 2. The molecule has 2 saturated heterocycles. The van der Waals surface area contributed by atoms with E-state index >= 15 is 0 Å². The smallest absolute Gasteiger partial charge is 0.106 e. The topological polar surface area (TPSA) is 37.2 Å². The molecule has 2 fully saturated rings. The number of furan rings is 1. The van der Waals surface area contributed by atoms with Crippen molar-refractivity contribution in [1.29, 1.82) is 0 Å². The van der Waals surface area contributed by atoms with Gasteiger partial charge in [-0.3, -0.25) is 0 Å². The van der Waals surface area contributed by atoms with Crippen molar-refractivity contribution in [2.75, 3.05) is 26.2 Å². The molecule has 1 aromatic heterocycles. The number of hydrogen-bond acceptors (Lipinski definition) is 3. The van der Waals surface area contributed by atoms with Gasteiger partial charge >= 0.3 is 0 Å². The van der Waals surface area contributed by atoms with E-state index in [1.807, 2.05) is 6.07 Å². The second-order valence-electron chi connectivity index (χ2n) is 4.85. The maximum Gasteiger partial charge on any atom is 0.106 e. The van der Waals surface area contributed by atoms with Crippen LogP contribution >= 0.6 is 0 Å². The Morgan fingerprint density at radius 1 is 0.941 bits per heavy atom. The average Bonchev–Trinajstić information content (AvgIpc) is 2.96. The zero-order chi connectivity index (χ0) is 11.8. The Kier molecular flexibility index (Phi) is 5.59. The van der Waals surface area contributed by atoms with Gasteiger partial charge in [0, 0.05) is 5.92 Å². The lowest BCUT2D eigenvalue weighted by molar-refractivity contribution is 0.386. The molecule has 3 nitrogen and oxygen atoms in total. The van der Waals surface area contributed by atoms with Gasteiger partial charge in [0.1, 0.15) is 5.76 Å². The molecule has 17 heavy (non-hydrogen) atoms. The summed E-state index contributed by atoms with van der Waals surface area (Å²) in [6, 6.07) is 4.05. The zero-order valence-corrected chi connectivity index (χ0v) is 10.6. The Hall–Kier alpha value is -0.800. The van der Waals surface area contributed by atoms with Crippen molar-refractivity contribution in [3.63, 3.8) is 0 Å². The van der Waals surface area contributed by atoms with Crippen LogP contribution in [0.2, 0.25) is 0 Å². The molecule has 0 unspecified atom stereocenters. The normalized spacial score (nSPS) is 21.6. The second kappa shape index (κ2) is 7.51. The fourth-order valence-corrected chi connectivity index (χ4v) is 2.43. The van der Waals surface area contributed by atoms with E-state index in [-0.39, 0.29) is 0 Å². The van der Waals surface area contributed by atoms with Gasteiger partial charge in [0.05, 0.1) is 6.26 Å². The zero-order valence-electron chi connectivity index (χ0n) is 10.6. The average molecular weight is 236 g/mol. The van der Waals surface area contributed by atoms with Crippen LogP contribution in [0, 0.1) is 0 Å². The molecule has 3 heteroatoms. The quantitative estimate of drug-likeness (QED) is 0.786. The van der Waals surface area contributed by atoms with E-state index in [9.17, 15) is 0 Å². The predicted octanol–water partition coefficient (Wildman–Crippen LogP) is 2.51. The maximum atomic E-state index is 5.35. The van der Waals surface area contributed by atoms with Gasteiger partial charge in [0.2, 0.25) is 0 Å². The minimum absolute atomic E-state index is 0.659. The highest BCUT2D eigenvalue weighted by molar-refractivity contribution is 5.06. The minimum atomic E-state index is 0.659. The number of nitrogens with one attached hydrogen (secondary N) is 2. The molecule has 0 atom stereocenters. The first-order valence-electron chi connectivity index (χ1n) is 6.91. The Morgan fingerprint density at radius 2 is 1.65 bits per heavy atom. The van der Waals surface area contributed by atoms with E-state index in [0.29, 0.717) is 5.92 Å². The summed E-state index contributed by atoms with van der Waals surface area (Å²) in [6.07, 6.45) is 8.41. The van der Waals surface area contributed by atoms with Crippen molar-refractivity contribution >= 4 is 0 Å². The molecule has 2 aliphatic rings. The van der Waals surface area contributed by atoms with Gasteiger partial charge in [0.25, 0.3) is 0 Å². The molecule has 2 aliphatic heterocycles. The lowest BCUT2D eigenvalue weighted by Crippen LogP contribution is -2.26. The molecule has 1 aromatic rings. The van der Waals surface area contributed by atoms with Crippen LogP contribution in [0.25, 0.3) is 0 Å². The molecule has 0 bridgehead atoms. The van der Waals surface area contributed by atoms with Gasteiger partial charge in [-0.25, -0.2) is 0 Å². The highest BCUT2D eigenvalue weighted by atomic mass is 16.3. The first-order chi connectivity index (χ1) is 8.47. The largest absolute Gasteiger partial charge is 0.469 e. The van der Waals surface area contributed by atoms with Crippen LogP contribution in [0.15, 0.2) is 22.8 Å². The summed E-state index contributed by atoms with van der Waals surface area (Å²) in [5, 5.41) is 6.62. The first kappa shape index (κ1) is 12.7. The summed E-state index contributed by atoms with van der Waals surface area (Å²) in [5.74, 6) is 1.82. The van der Waals surface area contributed by atoms with Gasteiger partial charge in [-0.2, -0.15) is 0 Å². The van der Waals surface area contributed by atoms with Crippen LogP contribution in [0.4, 0.5) is 0 Å². The van der Waals surface area contributed by atoms with Crippen molar-refractivity contribution < 1.29 is 4.42 Å². The lowest BCUT2D eigenvalue weighted by atomic mass is 9.96. The molecular formula is C14H24N2O. The third-order valence-corrected chi connectivity index (χ3v) is 3.49. The SMILES string of the molecule is C1CCNCC1.c1coc(C2CCNCC2)c1. The van der Waals surface area contributed by atoms with E-state index in [0.717, 1.165) is 18.8 Å². The van der Waals surface area contributed by atoms with E-state index in [1.165, 1.54) is 45.2 Å². The van der Waals surface area contributed by atoms with Crippen molar-refractivity contribution in [3.05, 3.63) is 24.2 Å². The third-order valence-electron chi connectivity index (χ3n) is 3.49. The molecule has 96 valence electrons. The van der Waals surface area contributed by atoms with E-state index in [2.05, 4.69) is 16.7 Å². The monoisotopic (exact) mass is 236 g/mol. The molecule has 2 N–H and O–H groups in total. The summed E-state index contributed by atoms with van der Waals surface area (Å²) in [7, 11) is 0. The molecule has 0 spiro atoms. The molecule has 0 radical (unpaired) electrons. The molecule has 0 aromatic carbocycles. The molecule has 0 aliphatic carbocycles. The van der Waals surface area contributed by atoms with Crippen molar-refractivity contribution in [2.24, 2.45) is 0 Å². The fourth-order valence-electron chi connectivity index (χ4n) is 2.43. The minimum Gasteiger partial charge on any atom is -0.469 e. The van der Waals surface area contributed by atoms with Gasteiger partial charge in [-0.1, -0.05) is 6.42 Å². The summed E-state index contributed by atoms with van der Waals surface area (Å²) >= 11 is 0. The van der Waals surface area contributed by atoms with Crippen molar-refractivity contribution in [2.45, 2.75) is 38.0 Å². The Labute approximate surface area is 104 Å². The fraction of sp³-hybridized carbons (Fsp3) is 0.714. The van der Waals surface area contributed by atoms with Gasteiger partial charge in [-0.15, -0.1) is 0 Å². The molecular weight excluding hydrogens is 212 g/mol. The molecule has 3 rings (SSSR count). The lowest BCUT2D eigenvalue weighted by Gasteiger charge is -2.20. The van der Waals surface area contributed by atoms with Crippen LogP contribution in [0.1, 0.15) is 43.8 Å². The standard InChI is InChI=1S/C9H13NO.C5H11N/c1-2-9(11-7-1)8-3-5-10-6-4-8;1-2-4-6-5-3-1/h1-2,7-8,10H,3-6H2;6H,1-5H2. The summed E-state index contributed by atoms with van der Waals surface area (Å²) in [5.41, 5.74) is 0. The van der Waals surface area contributed by atoms with Crippen molar-refractivity contribution in [3.8, 4) is 0 Å². The number of piperidine rings is 2. The van der Waals surface area contributed by atoms with E-state index in [4.69, 9.17) is 4.42 Å². The molecule has 0 amide bonds. The van der Waals surface area contributed by atoms with Crippen LogP contribution in [0.3, 0.4) is 0 Å². The van der Waals surface area contributed by atoms with Gasteiger partial charge in [0.15, 0.2) is 0 Å². The second-order valence-corrected chi connectivity index (χ2v) is 4.85. The van der Waals surface area contributed by atoms with E-state index in [1.54, 1.807) is 6.26 Å². The van der Waals surface area contributed by atoms with Crippen LogP contribution in [-0.4, -0.2) is 26.2 Å². The van der Waals surface area contributed by atoms with Crippen molar-refractivity contribution in [1.82, 2.24) is 10.6 Å². The van der Waals surface area contributed by atoms with Crippen LogP contribution in [-0.2, 0) is 0 Å². The summed E-state index contributed by atoms with van der Waals surface area (Å²) in [6.45, 7) is 4.76. The molecule has 3 heterocycles. The highest BCUT2D eigenvalue weighted by Crippen LogP contribution is 2.24. The van der Waals surface area contributed by atoms with E-state index < -0.39 is 0 Å². The Balaban J connectivity index is 0.000000153. The van der Waals surface area contributed by atoms with Gasteiger partial charge < -0.3 is 15.1 Å². The first-order valence-corrected chi connectivity index (χ1v) is 6.91. The summed E-state index contributed by atoms with van der Waals surface area (Å²) in [4.78, 5) is 0. The molecule has 0 saturated carbocycles. The van der Waals surface area contributed by atoms with Gasteiger partial charge in [-0.05, 0) is 64.0 Å². The Morgan fingerprint density at radius 3 is 2.12 bits per heavy atom. The summed E-state index contributed by atoms with van der Waals surface area (Å²) < 4.78 is 5.35. The highest BCUT2D eigenvalue weighted by Gasteiger charge is 2.16. The number of rotatable bonds is 1. The third kappa shape index (κ3) is 4.52. The maximum absolute atomic E-state index is 5.35. The van der Waals surface area contributed by atoms with Crippen LogP contribution in [0.5, 0.6) is 0 Å². The Bertz CT molecular complexity index is 263. The predicted molar refractivity (Wildman–Crippen MR) is 70.3 cm³/mol. The van der Waals surface area contributed by atoms with Crippen LogP contribution < -0.4 is 10.6 Å².